The summed E-state index contributed by atoms with van der Waals surface area (Å²) < 4.78 is 22.8. The van der Waals surface area contributed by atoms with Crippen molar-refractivity contribution in [1.82, 2.24) is 15.2 Å². The molecule has 0 radical (unpaired) electrons. The van der Waals surface area contributed by atoms with Gasteiger partial charge in [-0.05, 0) is 18.6 Å². The minimum atomic E-state index is -3.09. The van der Waals surface area contributed by atoms with Crippen LogP contribution in [0.5, 0.6) is 0 Å². The second-order valence-electron chi connectivity index (χ2n) is 4.98. The Labute approximate surface area is 123 Å². The predicted molar refractivity (Wildman–Crippen MR) is 75.9 cm³/mol. The SMILES string of the molecule is CN(C(=O)C(=O)NCc1ccccn1)C1CCS(=O)(=O)C1. The van der Waals surface area contributed by atoms with E-state index in [-0.39, 0.29) is 18.1 Å². The fourth-order valence-electron chi connectivity index (χ4n) is 2.16. The first-order chi connectivity index (χ1) is 9.89. The summed E-state index contributed by atoms with van der Waals surface area (Å²) >= 11 is 0. The average Bonchev–Trinajstić information content (AvgIpc) is 2.84. The van der Waals surface area contributed by atoms with Gasteiger partial charge in [0.1, 0.15) is 0 Å². The Morgan fingerprint density at radius 1 is 1.43 bits per heavy atom. The normalized spacial score (nSPS) is 20.0. The molecule has 1 unspecified atom stereocenters. The highest BCUT2D eigenvalue weighted by atomic mass is 32.2. The van der Waals surface area contributed by atoms with Gasteiger partial charge in [0, 0.05) is 19.3 Å². The molecular formula is C13H17N3O4S. The van der Waals surface area contributed by atoms with Gasteiger partial charge in [-0.1, -0.05) is 6.07 Å². The van der Waals surface area contributed by atoms with Crippen LogP contribution < -0.4 is 5.32 Å². The Balaban J connectivity index is 1.89. The quantitative estimate of drug-likeness (QED) is 0.748. The van der Waals surface area contributed by atoms with Gasteiger partial charge < -0.3 is 10.2 Å². The van der Waals surface area contributed by atoms with Gasteiger partial charge in [-0.3, -0.25) is 14.6 Å². The van der Waals surface area contributed by atoms with Crippen LogP contribution in [0.2, 0.25) is 0 Å². The summed E-state index contributed by atoms with van der Waals surface area (Å²) in [7, 11) is -1.64. The smallest absolute Gasteiger partial charge is 0.311 e. The second kappa shape index (κ2) is 6.21. The summed E-state index contributed by atoms with van der Waals surface area (Å²) in [5.74, 6) is -1.51. The molecular weight excluding hydrogens is 294 g/mol. The molecule has 1 aromatic rings. The second-order valence-corrected chi connectivity index (χ2v) is 7.21. The van der Waals surface area contributed by atoms with Crippen LogP contribution in [0.1, 0.15) is 12.1 Å². The molecule has 1 saturated heterocycles. The Bertz CT molecular complexity index is 630. The van der Waals surface area contributed by atoms with Crippen molar-refractivity contribution in [1.29, 1.82) is 0 Å². The Hall–Kier alpha value is -1.96. The number of carbonyl (C=O) groups excluding carboxylic acids is 2. The first-order valence-corrected chi connectivity index (χ1v) is 8.36. The molecule has 8 heteroatoms. The number of amides is 2. The Morgan fingerprint density at radius 3 is 2.76 bits per heavy atom. The minimum Gasteiger partial charge on any atom is -0.342 e. The molecule has 0 bridgehead atoms. The maximum absolute atomic E-state index is 12.0. The Kier molecular flexibility index (Phi) is 4.56. The van der Waals surface area contributed by atoms with Crippen LogP contribution in [-0.4, -0.2) is 54.7 Å². The van der Waals surface area contributed by atoms with Crippen molar-refractivity contribution in [2.45, 2.75) is 19.0 Å². The van der Waals surface area contributed by atoms with Crippen LogP contribution in [0.3, 0.4) is 0 Å². The summed E-state index contributed by atoms with van der Waals surface area (Å²) in [4.78, 5) is 29.0. The summed E-state index contributed by atoms with van der Waals surface area (Å²) in [6.07, 6.45) is 1.97. The fraction of sp³-hybridized carbons (Fsp3) is 0.462. The first-order valence-electron chi connectivity index (χ1n) is 6.54. The molecule has 114 valence electrons. The molecule has 0 aliphatic carbocycles. The predicted octanol–water partition coefficient (Wildman–Crippen LogP) is -0.657. The minimum absolute atomic E-state index is 0.0604. The van der Waals surface area contributed by atoms with Crippen LogP contribution in [0.15, 0.2) is 24.4 Å². The zero-order valence-corrected chi connectivity index (χ0v) is 12.5. The zero-order chi connectivity index (χ0) is 15.5. The van der Waals surface area contributed by atoms with Gasteiger partial charge in [0.05, 0.1) is 23.7 Å². The first kappa shape index (κ1) is 15.4. The number of sulfone groups is 1. The van der Waals surface area contributed by atoms with E-state index in [2.05, 4.69) is 10.3 Å². The highest BCUT2D eigenvalue weighted by molar-refractivity contribution is 7.91. The van der Waals surface area contributed by atoms with E-state index in [4.69, 9.17) is 0 Å². The fourth-order valence-corrected chi connectivity index (χ4v) is 3.93. The van der Waals surface area contributed by atoms with Gasteiger partial charge in [0.15, 0.2) is 9.84 Å². The molecule has 1 aliphatic heterocycles. The third kappa shape index (κ3) is 4.01. The van der Waals surface area contributed by atoms with E-state index in [0.717, 1.165) is 0 Å². The number of pyridine rings is 1. The number of aromatic nitrogens is 1. The molecule has 1 aromatic heterocycles. The van der Waals surface area contributed by atoms with Gasteiger partial charge in [0.2, 0.25) is 0 Å². The van der Waals surface area contributed by atoms with Crippen molar-refractivity contribution in [3.05, 3.63) is 30.1 Å². The third-order valence-electron chi connectivity index (χ3n) is 3.43. The molecule has 0 spiro atoms. The van der Waals surface area contributed by atoms with E-state index in [1.54, 1.807) is 24.4 Å². The molecule has 2 heterocycles. The molecule has 1 fully saturated rings. The van der Waals surface area contributed by atoms with E-state index < -0.39 is 27.7 Å². The van der Waals surface area contributed by atoms with Crippen molar-refractivity contribution >= 4 is 21.7 Å². The van der Waals surface area contributed by atoms with Gasteiger partial charge >= 0.3 is 11.8 Å². The van der Waals surface area contributed by atoms with E-state index in [9.17, 15) is 18.0 Å². The van der Waals surface area contributed by atoms with E-state index in [0.29, 0.717) is 12.1 Å². The summed E-state index contributed by atoms with van der Waals surface area (Å²) in [5, 5.41) is 2.48. The lowest BCUT2D eigenvalue weighted by Gasteiger charge is -2.22. The van der Waals surface area contributed by atoms with Crippen molar-refractivity contribution < 1.29 is 18.0 Å². The van der Waals surface area contributed by atoms with Gasteiger partial charge in [-0.2, -0.15) is 0 Å². The average molecular weight is 311 g/mol. The van der Waals surface area contributed by atoms with Crippen LogP contribution in [-0.2, 0) is 26.0 Å². The van der Waals surface area contributed by atoms with Crippen molar-refractivity contribution in [3.8, 4) is 0 Å². The standard InChI is InChI=1S/C13H17N3O4S/c1-16(11-5-7-21(19,20)9-11)13(18)12(17)15-8-10-4-2-3-6-14-10/h2-4,6,11H,5,7-9H2,1H3,(H,15,17). The monoisotopic (exact) mass is 311 g/mol. The van der Waals surface area contributed by atoms with Gasteiger partial charge in [0.25, 0.3) is 0 Å². The molecule has 7 nitrogen and oxygen atoms in total. The lowest BCUT2D eigenvalue weighted by Crippen LogP contribution is -2.46. The Morgan fingerprint density at radius 2 is 2.19 bits per heavy atom. The number of rotatable bonds is 3. The molecule has 0 aromatic carbocycles. The molecule has 1 N–H and O–H groups in total. The van der Waals surface area contributed by atoms with Gasteiger partial charge in [-0.15, -0.1) is 0 Å². The maximum Gasteiger partial charge on any atom is 0.311 e. The summed E-state index contributed by atoms with van der Waals surface area (Å²) in [5.41, 5.74) is 0.643. The molecule has 2 rings (SSSR count). The molecule has 21 heavy (non-hydrogen) atoms. The molecule has 2 amide bonds. The molecule has 1 atom stereocenters. The van der Waals surface area contributed by atoms with Crippen LogP contribution >= 0.6 is 0 Å². The number of nitrogens with zero attached hydrogens (tertiary/aromatic N) is 2. The molecule has 1 aliphatic rings. The topological polar surface area (TPSA) is 96.4 Å². The third-order valence-corrected chi connectivity index (χ3v) is 5.18. The highest BCUT2D eigenvalue weighted by Gasteiger charge is 2.34. The number of nitrogens with one attached hydrogen (secondary N) is 1. The van der Waals surface area contributed by atoms with Crippen LogP contribution in [0, 0.1) is 0 Å². The lowest BCUT2D eigenvalue weighted by molar-refractivity contribution is -0.146. The van der Waals surface area contributed by atoms with E-state index >= 15 is 0 Å². The van der Waals surface area contributed by atoms with E-state index in [1.807, 2.05) is 0 Å². The lowest BCUT2D eigenvalue weighted by atomic mass is 10.2. The summed E-state index contributed by atoms with van der Waals surface area (Å²) in [6.45, 7) is 0.155. The number of hydrogen-bond acceptors (Lipinski definition) is 5. The van der Waals surface area contributed by atoms with Crippen molar-refractivity contribution in [2.24, 2.45) is 0 Å². The van der Waals surface area contributed by atoms with E-state index in [1.165, 1.54) is 11.9 Å². The number of hydrogen-bond donors (Lipinski definition) is 1. The number of likely N-dealkylation sites (N-methyl/N-ethyl adjacent to an activating group) is 1. The zero-order valence-electron chi connectivity index (χ0n) is 11.7. The van der Waals surface area contributed by atoms with Crippen LogP contribution in [0.25, 0.3) is 0 Å². The number of carbonyl (C=O) groups is 2. The van der Waals surface area contributed by atoms with Crippen LogP contribution in [0.4, 0.5) is 0 Å². The largest absolute Gasteiger partial charge is 0.342 e. The van der Waals surface area contributed by atoms with Gasteiger partial charge in [-0.25, -0.2) is 8.42 Å². The summed E-state index contributed by atoms with van der Waals surface area (Å²) in [6, 6.07) is 4.84. The molecule has 0 saturated carbocycles. The maximum atomic E-state index is 12.0. The van der Waals surface area contributed by atoms with Crippen molar-refractivity contribution in [3.63, 3.8) is 0 Å². The van der Waals surface area contributed by atoms with Crippen molar-refractivity contribution in [2.75, 3.05) is 18.6 Å². The highest BCUT2D eigenvalue weighted by Crippen LogP contribution is 2.16.